The van der Waals surface area contributed by atoms with Crippen LogP contribution in [-0.4, -0.2) is 27.3 Å². The number of carbonyl (C=O) groups is 1. The molecule has 0 aliphatic heterocycles. The van der Waals surface area contributed by atoms with Crippen LogP contribution in [0.25, 0.3) is 28.0 Å². The number of fused-ring (bicyclic) bond motifs is 1. The van der Waals surface area contributed by atoms with Crippen molar-refractivity contribution < 1.29 is 18.5 Å². The van der Waals surface area contributed by atoms with Gasteiger partial charge in [0, 0.05) is 23.4 Å². The van der Waals surface area contributed by atoms with E-state index in [0.29, 0.717) is 22.6 Å². The van der Waals surface area contributed by atoms with Crippen molar-refractivity contribution in [1.29, 1.82) is 0 Å². The number of nitrogens with zero attached hydrogens (tertiary/aromatic N) is 3. The van der Waals surface area contributed by atoms with Gasteiger partial charge in [-0.1, -0.05) is 5.16 Å². The summed E-state index contributed by atoms with van der Waals surface area (Å²) in [6, 6.07) is 5.49. The van der Waals surface area contributed by atoms with Crippen molar-refractivity contribution in [3.63, 3.8) is 0 Å². The van der Waals surface area contributed by atoms with Gasteiger partial charge < -0.3 is 13.7 Å². The van der Waals surface area contributed by atoms with Crippen molar-refractivity contribution in [2.45, 2.75) is 20.8 Å². The Bertz CT molecular complexity index is 1140. The number of furan rings is 1. The Labute approximate surface area is 163 Å². The molecule has 0 radical (unpaired) electrons. The van der Waals surface area contributed by atoms with E-state index >= 15 is 0 Å². The summed E-state index contributed by atoms with van der Waals surface area (Å²) >= 11 is 3.29. The molecule has 4 rings (SSSR count). The molecule has 8 heteroatoms. The second kappa shape index (κ2) is 6.70. The number of hydrogen-bond acceptors (Lipinski definition) is 6. The smallest absolute Gasteiger partial charge is 0.342 e. The van der Waals surface area contributed by atoms with Gasteiger partial charge in [-0.25, -0.2) is 9.31 Å². The molecule has 4 aromatic heterocycles. The minimum atomic E-state index is -0.429. The maximum absolute atomic E-state index is 12.0. The molecular weight excluding hydrogens is 414 g/mol. The number of halogens is 1. The SMILES string of the molecule is CCOC(=O)c1cc(-c2ccn3ncc(-c4c(C)noc4C)c3c2)oc1Br. The van der Waals surface area contributed by atoms with E-state index in [0.717, 1.165) is 33.7 Å². The van der Waals surface area contributed by atoms with E-state index in [1.807, 2.05) is 32.2 Å². The van der Waals surface area contributed by atoms with Gasteiger partial charge in [0.25, 0.3) is 0 Å². The maximum atomic E-state index is 12.0. The van der Waals surface area contributed by atoms with Crippen LogP contribution >= 0.6 is 15.9 Å². The van der Waals surface area contributed by atoms with Gasteiger partial charge in [-0.05, 0) is 48.8 Å². The molecule has 0 amide bonds. The van der Waals surface area contributed by atoms with Gasteiger partial charge >= 0.3 is 5.97 Å². The van der Waals surface area contributed by atoms with Crippen molar-refractivity contribution in [3.8, 4) is 22.5 Å². The lowest BCUT2D eigenvalue weighted by Crippen LogP contribution is -2.03. The van der Waals surface area contributed by atoms with Crippen molar-refractivity contribution in [3.05, 3.63) is 52.3 Å². The predicted octanol–water partition coefficient (Wildman–Crippen LogP) is 4.81. The van der Waals surface area contributed by atoms with Crippen LogP contribution in [0.2, 0.25) is 0 Å². The minimum Gasteiger partial charge on any atom is -0.462 e. The van der Waals surface area contributed by atoms with Crippen LogP contribution in [0.4, 0.5) is 0 Å². The van der Waals surface area contributed by atoms with Gasteiger partial charge in [0.2, 0.25) is 0 Å². The second-order valence-corrected chi connectivity index (χ2v) is 6.74. The number of aryl methyl sites for hydroxylation is 2. The fourth-order valence-corrected chi connectivity index (χ4v) is 3.50. The summed E-state index contributed by atoms with van der Waals surface area (Å²) in [7, 11) is 0. The van der Waals surface area contributed by atoms with Crippen LogP contribution in [0, 0.1) is 13.8 Å². The molecule has 0 aliphatic rings. The van der Waals surface area contributed by atoms with Gasteiger partial charge in [0.1, 0.15) is 17.1 Å². The normalized spacial score (nSPS) is 11.3. The quantitative estimate of drug-likeness (QED) is 0.433. The maximum Gasteiger partial charge on any atom is 0.342 e. The van der Waals surface area contributed by atoms with Crippen LogP contribution < -0.4 is 0 Å². The molecule has 138 valence electrons. The molecule has 27 heavy (non-hydrogen) atoms. The van der Waals surface area contributed by atoms with Gasteiger partial charge in [0.05, 0.1) is 29.6 Å². The summed E-state index contributed by atoms with van der Waals surface area (Å²) in [6.07, 6.45) is 3.63. The van der Waals surface area contributed by atoms with Gasteiger partial charge in [0.15, 0.2) is 4.67 Å². The average Bonchev–Trinajstić information content (AvgIpc) is 3.32. The van der Waals surface area contributed by atoms with Crippen molar-refractivity contribution in [1.82, 2.24) is 14.8 Å². The molecule has 0 unspecified atom stereocenters. The Morgan fingerprint density at radius 3 is 2.85 bits per heavy atom. The van der Waals surface area contributed by atoms with E-state index in [9.17, 15) is 4.79 Å². The molecule has 4 heterocycles. The highest BCUT2D eigenvalue weighted by Gasteiger charge is 2.20. The number of carbonyl (C=O) groups excluding carboxylic acids is 1. The molecule has 0 saturated heterocycles. The van der Waals surface area contributed by atoms with Crippen LogP contribution in [-0.2, 0) is 4.74 Å². The zero-order valence-electron chi connectivity index (χ0n) is 14.9. The summed E-state index contributed by atoms with van der Waals surface area (Å²) in [5, 5.41) is 8.42. The molecule has 0 saturated carbocycles. The third-order valence-electron chi connectivity index (χ3n) is 4.29. The Hall–Kier alpha value is -2.87. The minimum absolute atomic E-state index is 0.300. The summed E-state index contributed by atoms with van der Waals surface area (Å²) in [5.74, 6) is 0.859. The zero-order chi connectivity index (χ0) is 19.1. The first-order chi connectivity index (χ1) is 13.0. The lowest BCUT2D eigenvalue weighted by molar-refractivity contribution is 0.0524. The van der Waals surface area contributed by atoms with Gasteiger partial charge in [-0.2, -0.15) is 5.10 Å². The summed E-state index contributed by atoms with van der Waals surface area (Å²) < 4.78 is 18.2. The predicted molar refractivity (Wildman–Crippen MR) is 102 cm³/mol. The van der Waals surface area contributed by atoms with Crippen LogP contribution in [0.5, 0.6) is 0 Å². The van der Waals surface area contributed by atoms with E-state index in [-0.39, 0.29) is 0 Å². The van der Waals surface area contributed by atoms with E-state index in [4.69, 9.17) is 13.7 Å². The highest BCUT2D eigenvalue weighted by Crippen LogP contribution is 2.34. The van der Waals surface area contributed by atoms with Crippen LogP contribution in [0.15, 0.2) is 44.2 Å². The fourth-order valence-electron chi connectivity index (χ4n) is 3.05. The monoisotopic (exact) mass is 429 g/mol. The van der Waals surface area contributed by atoms with E-state index in [1.165, 1.54) is 0 Å². The second-order valence-electron chi connectivity index (χ2n) is 6.02. The number of pyridine rings is 1. The molecule has 0 fully saturated rings. The highest BCUT2D eigenvalue weighted by atomic mass is 79.9. The lowest BCUT2D eigenvalue weighted by Gasteiger charge is -2.01. The molecule has 0 spiro atoms. The number of esters is 1. The molecule has 0 atom stereocenters. The van der Waals surface area contributed by atoms with Gasteiger partial charge in [-0.15, -0.1) is 0 Å². The van der Waals surface area contributed by atoms with Gasteiger partial charge in [-0.3, -0.25) is 0 Å². The van der Waals surface area contributed by atoms with Crippen LogP contribution in [0.3, 0.4) is 0 Å². The highest BCUT2D eigenvalue weighted by molar-refractivity contribution is 9.10. The van der Waals surface area contributed by atoms with Crippen molar-refractivity contribution in [2.75, 3.05) is 6.61 Å². The molecule has 4 aromatic rings. The molecule has 0 bridgehead atoms. The van der Waals surface area contributed by atoms with Crippen molar-refractivity contribution in [2.24, 2.45) is 0 Å². The Kier molecular flexibility index (Phi) is 4.35. The number of rotatable bonds is 4. The zero-order valence-corrected chi connectivity index (χ0v) is 16.5. The molecule has 0 aromatic carbocycles. The Morgan fingerprint density at radius 1 is 1.33 bits per heavy atom. The molecule has 0 aliphatic carbocycles. The van der Waals surface area contributed by atoms with E-state index in [1.54, 1.807) is 23.7 Å². The Morgan fingerprint density at radius 2 is 2.15 bits per heavy atom. The Balaban J connectivity index is 1.82. The molecular formula is C19H16BrN3O4. The summed E-state index contributed by atoms with van der Waals surface area (Å²) in [6.45, 7) is 5.83. The van der Waals surface area contributed by atoms with E-state index < -0.39 is 5.97 Å². The summed E-state index contributed by atoms with van der Waals surface area (Å²) in [5.41, 5.74) is 4.70. The topological polar surface area (TPSA) is 82.8 Å². The molecule has 0 N–H and O–H groups in total. The van der Waals surface area contributed by atoms with Crippen molar-refractivity contribution >= 4 is 27.4 Å². The molecule has 7 nitrogen and oxygen atoms in total. The summed E-state index contributed by atoms with van der Waals surface area (Å²) in [4.78, 5) is 12.0. The first-order valence-electron chi connectivity index (χ1n) is 8.37. The first kappa shape index (κ1) is 17.5. The standard InChI is InChI=1S/C19H16BrN3O4/c1-4-25-19(24)13-8-16(26-18(13)20)12-5-6-23-15(7-12)14(9-21-23)17-10(2)22-27-11(17)3/h5-9H,4H2,1-3H3. The lowest BCUT2D eigenvalue weighted by atomic mass is 10.0. The largest absolute Gasteiger partial charge is 0.462 e. The number of hydrogen-bond donors (Lipinski definition) is 0. The third-order valence-corrected chi connectivity index (χ3v) is 4.88. The first-order valence-corrected chi connectivity index (χ1v) is 9.16. The fraction of sp³-hybridized carbons (Fsp3) is 0.211. The number of ether oxygens (including phenoxy) is 1. The number of aromatic nitrogens is 3. The average molecular weight is 430 g/mol. The third kappa shape index (κ3) is 2.95. The van der Waals surface area contributed by atoms with Crippen LogP contribution in [0.1, 0.15) is 28.7 Å². The van der Waals surface area contributed by atoms with E-state index in [2.05, 4.69) is 26.2 Å².